The number of pyridine rings is 1. The Hall–Kier alpha value is -3.14. The Balaban J connectivity index is 1.83. The van der Waals surface area contributed by atoms with Crippen molar-refractivity contribution < 1.29 is 4.79 Å². The second-order valence-electron chi connectivity index (χ2n) is 5.93. The highest BCUT2D eigenvalue weighted by Crippen LogP contribution is 2.29. The number of para-hydroxylation sites is 1. The Morgan fingerprint density at radius 1 is 1.04 bits per heavy atom. The molecule has 126 valence electrons. The summed E-state index contributed by atoms with van der Waals surface area (Å²) < 4.78 is 0. The maximum atomic E-state index is 11.4. The third kappa shape index (κ3) is 4.23. The van der Waals surface area contributed by atoms with Crippen molar-refractivity contribution in [1.29, 1.82) is 0 Å². The van der Waals surface area contributed by atoms with E-state index in [0.717, 1.165) is 28.2 Å². The van der Waals surface area contributed by atoms with Gasteiger partial charge in [0.2, 0.25) is 5.91 Å². The zero-order valence-electron chi connectivity index (χ0n) is 14.4. The highest BCUT2D eigenvalue weighted by atomic mass is 16.1. The number of anilines is 2. The summed E-state index contributed by atoms with van der Waals surface area (Å²) in [6, 6.07) is 20.0. The van der Waals surface area contributed by atoms with E-state index in [0.29, 0.717) is 6.54 Å². The van der Waals surface area contributed by atoms with Crippen LogP contribution in [0.5, 0.6) is 0 Å². The Morgan fingerprint density at radius 3 is 2.68 bits per heavy atom. The molecule has 0 unspecified atom stereocenters. The van der Waals surface area contributed by atoms with Crippen molar-refractivity contribution in [3.8, 4) is 11.1 Å². The minimum absolute atomic E-state index is 0.0765. The number of carbonyl (C=O) groups is 1. The lowest BCUT2D eigenvalue weighted by molar-refractivity contribution is -0.114. The van der Waals surface area contributed by atoms with Crippen molar-refractivity contribution in [1.82, 2.24) is 4.98 Å². The average Bonchev–Trinajstić information content (AvgIpc) is 2.61. The van der Waals surface area contributed by atoms with Crippen LogP contribution in [0, 0.1) is 6.92 Å². The van der Waals surface area contributed by atoms with Gasteiger partial charge in [0.1, 0.15) is 0 Å². The largest absolute Gasteiger partial charge is 0.379 e. The van der Waals surface area contributed by atoms with E-state index in [2.05, 4.69) is 34.7 Å². The number of aryl methyl sites for hydroxylation is 1. The van der Waals surface area contributed by atoms with Crippen molar-refractivity contribution in [2.75, 3.05) is 10.6 Å². The minimum Gasteiger partial charge on any atom is -0.379 e. The van der Waals surface area contributed by atoms with Crippen LogP contribution in [0.1, 0.15) is 18.2 Å². The molecule has 0 saturated heterocycles. The second kappa shape index (κ2) is 7.62. The van der Waals surface area contributed by atoms with E-state index in [9.17, 15) is 4.79 Å². The smallest absolute Gasteiger partial charge is 0.221 e. The van der Waals surface area contributed by atoms with Crippen LogP contribution in [0.4, 0.5) is 11.4 Å². The summed E-state index contributed by atoms with van der Waals surface area (Å²) >= 11 is 0. The topological polar surface area (TPSA) is 54.0 Å². The molecule has 0 fully saturated rings. The van der Waals surface area contributed by atoms with Crippen LogP contribution in [0.3, 0.4) is 0 Å². The molecule has 0 radical (unpaired) electrons. The predicted octanol–water partition coefficient (Wildman–Crippen LogP) is 4.63. The van der Waals surface area contributed by atoms with E-state index >= 15 is 0 Å². The molecule has 1 amide bonds. The molecule has 25 heavy (non-hydrogen) atoms. The molecule has 0 aliphatic carbocycles. The van der Waals surface area contributed by atoms with E-state index in [4.69, 9.17) is 0 Å². The minimum atomic E-state index is -0.0765. The number of carbonyl (C=O) groups excluding carboxylic acids is 1. The lowest BCUT2D eigenvalue weighted by atomic mass is 10.0. The van der Waals surface area contributed by atoms with Crippen LogP contribution in [0.2, 0.25) is 0 Å². The van der Waals surface area contributed by atoms with Crippen LogP contribution in [0.15, 0.2) is 66.9 Å². The fourth-order valence-corrected chi connectivity index (χ4v) is 2.72. The third-order valence-electron chi connectivity index (χ3n) is 3.99. The molecule has 1 aromatic heterocycles. The van der Waals surface area contributed by atoms with E-state index in [-0.39, 0.29) is 5.91 Å². The first-order chi connectivity index (χ1) is 12.1. The van der Waals surface area contributed by atoms with E-state index in [1.807, 2.05) is 54.7 Å². The number of amides is 1. The molecule has 0 spiro atoms. The Labute approximate surface area is 147 Å². The fourth-order valence-electron chi connectivity index (χ4n) is 2.72. The van der Waals surface area contributed by atoms with E-state index in [1.165, 1.54) is 12.5 Å². The van der Waals surface area contributed by atoms with Gasteiger partial charge in [-0.2, -0.15) is 0 Å². The van der Waals surface area contributed by atoms with Gasteiger partial charge in [0.05, 0.1) is 12.2 Å². The van der Waals surface area contributed by atoms with Crippen molar-refractivity contribution >= 4 is 17.3 Å². The number of hydrogen-bond donors (Lipinski definition) is 2. The molecule has 0 aliphatic rings. The van der Waals surface area contributed by atoms with Crippen LogP contribution >= 0.6 is 0 Å². The number of rotatable bonds is 5. The number of aromatic nitrogens is 1. The number of nitrogens with zero attached hydrogens (tertiary/aromatic N) is 1. The SMILES string of the molecule is CC(=O)Nc1ccccc1-c1cccc(NCc2ncccc2C)c1. The molecular formula is C21H21N3O. The zero-order valence-corrected chi connectivity index (χ0v) is 14.4. The summed E-state index contributed by atoms with van der Waals surface area (Å²) in [6.07, 6.45) is 1.81. The van der Waals surface area contributed by atoms with Crippen LogP contribution in [-0.2, 0) is 11.3 Å². The molecule has 2 aromatic carbocycles. The summed E-state index contributed by atoms with van der Waals surface area (Å²) in [5, 5.41) is 6.31. The lowest BCUT2D eigenvalue weighted by Crippen LogP contribution is -2.07. The predicted molar refractivity (Wildman–Crippen MR) is 102 cm³/mol. The Morgan fingerprint density at radius 2 is 1.88 bits per heavy atom. The highest BCUT2D eigenvalue weighted by Gasteiger charge is 2.07. The van der Waals surface area contributed by atoms with Gasteiger partial charge in [0, 0.05) is 30.1 Å². The van der Waals surface area contributed by atoms with Gasteiger partial charge in [-0.1, -0.05) is 36.4 Å². The van der Waals surface area contributed by atoms with Crippen molar-refractivity contribution in [2.45, 2.75) is 20.4 Å². The van der Waals surface area contributed by atoms with Crippen molar-refractivity contribution in [2.24, 2.45) is 0 Å². The lowest BCUT2D eigenvalue weighted by Gasteiger charge is -2.12. The molecule has 0 saturated carbocycles. The molecule has 2 N–H and O–H groups in total. The van der Waals surface area contributed by atoms with Crippen LogP contribution < -0.4 is 10.6 Å². The Kier molecular flexibility index (Phi) is 5.09. The van der Waals surface area contributed by atoms with Gasteiger partial charge in [-0.25, -0.2) is 0 Å². The molecule has 3 rings (SSSR count). The number of benzene rings is 2. The summed E-state index contributed by atoms with van der Waals surface area (Å²) in [4.78, 5) is 15.8. The molecule has 4 nitrogen and oxygen atoms in total. The number of nitrogens with one attached hydrogen (secondary N) is 2. The van der Waals surface area contributed by atoms with Crippen molar-refractivity contribution in [3.05, 3.63) is 78.1 Å². The maximum Gasteiger partial charge on any atom is 0.221 e. The van der Waals surface area contributed by atoms with Gasteiger partial charge in [0.15, 0.2) is 0 Å². The highest BCUT2D eigenvalue weighted by molar-refractivity contribution is 5.94. The first kappa shape index (κ1) is 16.7. The third-order valence-corrected chi connectivity index (χ3v) is 3.99. The quantitative estimate of drug-likeness (QED) is 0.717. The molecular weight excluding hydrogens is 310 g/mol. The summed E-state index contributed by atoms with van der Waals surface area (Å²) in [7, 11) is 0. The van der Waals surface area contributed by atoms with Gasteiger partial charge in [0.25, 0.3) is 0 Å². The maximum absolute atomic E-state index is 11.4. The Bertz CT molecular complexity index is 890. The number of hydrogen-bond acceptors (Lipinski definition) is 3. The van der Waals surface area contributed by atoms with Gasteiger partial charge in [-0.3, -0.25) is 9.78 Å². The van der Waals surface area contributed by atoms with Gasteiger partial charge >= 0.3 is 0 Å². The molecule has 0 bridgehead atoms. The van der Waals surface area contributed by atoms with E-state index in [1.54, 1.807) is 0 Å². The van der Waals surface area contributed by atoms with Crippen molar-refractivity contribution in [3.63, 3.8) is 0 Å². The molecule has 0 aliphatic heterocycles. The monoisotopic (exact) mass is 331 g/mol. The molecule has 1 heterocycles. The first-order valence-corrected chi connectivity index (χ1v) is 8.25. The summed E-state index contributed by atoms with van der Waals surface area (Å²) in [5.74, 6) is -0.0765. The summed E-state index contributed by atoms with van der Waals surface area (Å²) in [5.41, 5.74) is 6.07. The fraction of sp³-hybridized carbons (Fsp3) is 0.143. The van der Waals surface area contributed by atoms with Gasteiger partial charge in [-0.05, 0) is 42.3 Å². The summed E-state index contributed by atoms with van der Waals surface area (Å²) in [6.45, 7) is 4.25. The van der Waals surface area contributed by atoms with Gasteiger partial charge in [-0.15, -0.1) is 0 Å². The zero-order chi connectivity index (χ0) is 17.6. The van der Waals surface area contributed by atoms with E-state index < -0.39 is 0 Å². The van der Waals surface area contributed by atoms with Crippen LogP contribution in [0.25, 0.3) is 11.1 Å². The van der Waals surface area contributed by atoms with Crippen LogP contribution in [-0.4, -0.2) is 10.9 Å². The molecule has 3 aromatic rings. The van der Waals surface area contributed by atoms with Gasteiger partial charge < -0.3 is 10.6 Å². The normalized spacial score (nSPS) is 10.3. The average molecular weight is 331 g/mol. The first-order valence-electron chi connectivity index (χ1n) is 8.25. The molecule has 4 heteroatoms. The molecule has 0 atom stereocenters. The second-order valence-corrected chi connectivity index (χ2v) is 5.93. The standard InChI is InChI=1S/C21H21N3O/c1-15-7-6-12-22-21(15)14-23-18-9-5-8-17(13-18)19-10-3-4-11-20(19)24-16(2)25/h3-13,23H,14H2,1-2H3,(H,24,25).